The quantitative estimate of drug-likeness (QED) is 0.574. The Morgan fingerprint density at radius 2 is 1.87 bits per heavy atom. The van der Waals surface area contributed by atoms with Crippen LogP contribution in [0.15, 0.2) is 35.0 Å². The zero-order valence-electron chi connectivity index (χ0n) is 13.0. The predicted octanol–water partition coefficient (Wildman–Crippen LogP) is 3.46. The number of hydrazone groups is 1. The van der Waals surface area contributed by atoms with Crippen LogP contribution in [0.1, 0.15) is 11.1 Å². The first-order valence-electron chi connectivity index (χ1n) is 6.92. The molecule has 0 amide bonds. The van der Waals surface area contributed by atoms with Gasteiger partial charge in [0.05, 0.1) is 30.7 Å². The van der Waals surface area contributed by atoms with Crippen LogP contribution in [-0.4, -0.2) is 30.4 Å². The average Bonchev–Trinajstić information content (AvgIpc) is 2.97. The van der Waals surface area contributed by atoms with Crippen LogP contribution in [-0.2, 0) is 0 Å². The number of hydrogen-bond donors (Lipinski definition) is 1. The van der Waals surface area contributed by atoms with E-state index in [4.69, 9.17) is 9.47 Å². The van der Waals surface area contributed by atoms with Crippen molar-refractivity contribution in [2.45, 2.75) is 6.92 Å². The van der Waals surface area contributed by atoms with Gasteiger partial charge in [0.2, 0.25) is 0 Å². The SMILES string of the molecule is COc1cc(C=NNc2ncnc3c(C)csc23)cc(OC)c1. The van der Waals surface area contributed by atoms with E-state index >= 15 is 0 Å². The highest BCUT2D eigenvalue weighted by Crippen LogP contribution is 2.28. The molecule has 2 aromatic heterocycles. The van der Waals surface area contributed by atoms with Gasteiger partial charge in [-0.25, -0.2) is 9.97 Å². The minimum Gasteiger partial charge on any atom is -0.497 e. The van der Waals surface area contributed by atoms with E-state index in [1.165, 1.54) is 6.33 Å². The van der Waals surface area contributed by atoms with Crippen molar-refractivity contribution < 1.29 is 9.47 Å². The lowest BCUT2D eigenvalue weighted by Crippen LogP contribution is -1.95. The van der Waals surface area contributed by atoms with Gasteiger partial charge in [0, 0.05) is 11.6 Å². The molecular formula is C16H16N4O2S. The lowest BCUT2D eigenvalue weighted by atomic mass is 10.2. The molecule has 0 fully saturated rings. The number of rotatable bonds is 5. The fourth-order valence-corrected chi connectivity index (χ4v) is 3.06. The van der Waals surface area contributed by atoms with Crippen LogP contribution >= 0.6 is 11.3 Å². The van der Waals surface area contributed by atoms with Crippen molar-refractivity contribution in [1.29, 1.82) is 0 Å². The molecule has 118 valence electrons. The van der Waals surface area contributed by atoms with Gasteiger partial charge < -0.3 is 9.47 Å². The summed E-state index contributed by atoms with van der Waals surface area (Å²) in [4.78, 5) is 8.53. The number of aryl methyl sites for hydroxylation is 1. The van der Waals surface area contributed by atoms with E-state index in [0.717, 1.165) is 21.3 Å². The Bertz CT molecular complexity index is 838. The molecule has 0 saturated heterocycles. The summed E-state index contributed by atoms with van der Waals surface area (Å²) in [6.45, 7) is 2.03. The minimum atomic E-state index is 0.694. The van der Waals surface area contributed by atoms with Crippen LogP contribution in [0.25, 0.3) is 10.2 Å². The zero-order valence-corrected chi connectivity index (χ0v) is 13.8. The summed E-state index contributed by atoms with van der Waals surface area (Å²) in [7, 11) is 3.23. The molecule has 0 aliphatic heterocycles. The van der Waals surface area contributed by atoms with Crippen LogP contribution in [0.3, 0.4) is 0 Å². The highest BCUT2D eigenvalue weighted by Gasteiger charge is 2.07. The summed E-state index contributed by atoms with van der Waals surface area (Å²) in [5, 5.41) is 6.31. The van der Waals surface area contributed by atoms with Crippen molar-refractivity contribution in [2.24, 2.45) is 5.10 Å². The Balaban J connectivity index is 1.83. The topological polar surface area (TPSA) is 68.6 Å². The van der Waals surface area contributed by atoms with Gasteiger partial charge in [0.1, 0.15) is 17.8 Å². The van der Waals surface area contributed by atoms with Gasteiger partial charge >= 0.3 is 0 Å². The molecule has 23 heavy (non-hydrogen) atoms. The smallest absolute Gasteiger partial charge is 0.167 e. The summed E-state index contributed by atoms with van der Waals surface area (Å²) in [6, 6.07) is 5.56. The molecule has 0 unspecified atom stereocenters. The standard InChI is InChI=1S/C16H16N4O2S/c1-10-8-23-15-14(10)17-9-18-16(15)20-19-7-11-4-12(21-2)6-13(5-11)22-3/h4-9H,1-3H3,(H,17,18,20). The maximum atomic E-state index is 5.24. The van der Waals surface area contributed by atoms with E-state index in [2.05, 4.69) is 25.9 Å². The summed E-state index contributed by atoms with van der Waals surface area (Å²) in [6.07, 6.45) is 3.23. The maximum Gasteiger partial charge on any atom is 0.167 e. The van der Waals surface area contributed by atoms with Crippen LogP contribution in [0.5, 0.6) is 11.5 Å². The fraction of sp³-hybridized carbons (Fsp3) is 0.188. The molecule has 0 aliphatic carbocycles. The summed E-state index contributed by atoms with van der Waals surface area (Å²) in [5.74, 6) is 2.12. The molecule has 2 heterocycles. The summed E-state index contributed by atoms with van der Waals surface area (Å²) in [5.41, 5.74) is 5.92. The van der Waals surface area contributed by atoms with Gasteiger partial charge in [-0.2, -0.15) is 5.10 Å². The fourth-order valence-electron chi connectivity index (χ4n) is 2.12. The number of fused-ring (bicyclic) bond motifs is 1. The molecule has 0 aliphatic rings. The molecule has 0 spiro atoms. The number of aromatic nitrogens is 2. The normalized spacial score (nSPS) is 11.1. The van der Waals surface area contributed by atoms with Gasteiger partial charge in [-0.15, -0.1) is 11.3 Å². The van der Waals surface area contributed by atoms with E-state index in [1.807, 2.05) is 25.1 Å². The van der Waals surface area contributed by atoms with Crippen molar-refractivity contribution in [3.63, 3.8) is 0 Å². The van der Waals surface area contributed by atoms with Gasteiger partial charge in [0.25, 0.3) is 0 Å². The molecule has 0 radical (unpaired) electrons. The lowest BCUT2D eigenvalue weighted by Gasteiger charge is -2.05. The molecule has 0 saturated carbocycles. The van der Waals surface area contributed by atoms with Crippen LogP contribution in [0.4, 0.5) is 5.82 Å². The Labute approximate surface area is 137 Å². The number of thiophene rings is 1. The summed E-state index contributed by atoms with van der Waals surface area (Å²) < 4.78 is 11.5. The third-order valence-electron chi connectivity index (χ3n) is 3.29. The van der Waals surface area contributed by atoms with Crippen molar-refractivity contribution in [3.8, 4) is 11.5 Å². The van der Waals surface area contributed by atoms with Crippen molar-refractivity contribution in [1.82, 2.24) is 9.97 Å². The van der Waals surface area contributed by atoms with Crippen molar-refractivity contribution in [3.05, 3.63) is 41.0 Å². The van der Waals surface area contributed by atoms with E-state index in [-0.39, 0.29) is 0 Å². The monoisotopic (exact) mass is 328 g/mol. The first kappa shape index (κ1) is 15.2. The van der Waals surface area contributed by atoms with Crippen LogP contribution in [0, 0.1) is 6.92 Å². The number of anilines is 1. The number of hydrogen-bond acceptors (Lipinski definition) is 7. The second-order valence-electron chi connectivity index (χ2n) is 4.83. The zero-order chi connectivity index (χ0) is 16.2. The van der Waals surface area contributed by atoms with E-state index in [1.54, 1.807) is 31.8 Å². The maximum absolute atomic E-state index is 5.24. The predicted molar refractivity (Wildman–Crippen MR) is 92.9 cm³/mol. The Morgan fingerprint density at radius 1 is 1.13 bits per heavy atom. The third-order valence-corrected chi connectivity index (χ3v) is 4.38. The number of nitrogens with zero attached hydrogens (tertiary/aromatic N) is 3. The first-order valence-corrected chi connectivity index (χ1v) is 7.80. The van der Waals surface area contributed by atoms with Crippen LogP contribution < -0.4 is 14.9 Å². The van der Waals surface area contributed by atoms with E-state index in [0.29, 0.717) is 17.3 Å². The van der Waals surface area contributed by atoms with Gasteiger partial charge in [-0.3, -0.25) is 5.43 Å². The highest BCUT2D eigenvalue weighted by molar-refractivity contribution is 7.18. The van der Waals surface area contributed by atoms with Crippen LogP contribution in [0.2, 0.25) is 0 Å². The number of benzene rings is 1. The lowest BCUT2D eigenvalue weighted by molar-refractivity contribution is 0.394. The first-order chi connectivity index (χ1) is 11.2. The number of nitrogens with one attached hydrogen (secondary N) is 1. The highest BCUT2D eigenvalue weighted by atomic mass is 32.1. The molecule has 7 heteroatoms. The van der Waals surface area contributed by atoms with Gasteiger partial charge in [-0.1, -0.05) is 0 Å². The van der Waals surface area contributed by atoms with Gasteiger partial charge in [0.15, 0.2) is 5.82 Å². The van der Waals surface area contributed by atoms with Gasteiger partial charge in [-0.05, 0) is 30.0 Å². The molecule has 1 aromatic carbocycles. The minimum absolute atomic E-state index is 0.694. The van der Waals surface area contributed by atoms with Crippen molar-refractivity contribution in [2.75, 3.05) is 19.6 Å². The molecule has 3 aromatic rings. The Hall–Kier alpha value is -2.67. The Kier molecular flexibility index (Phi) is 4.38. The average molecular weight is 328 g/mol. The van der Waals surface area contributed by atoms with Crippen molar-refractivity contribution >= 4 is 33.6 Å². The molecule has 0 atom stereocenters. The second-order valence-corrected chi connectivity index (χ2v) is 5.71. The molecular weight excluding hydrogens is 312 g/mol. The Morgan fingerprint density at radius 3 is 2.57 bits per heavy atom. The third kappa shape index (κ3) is 3.24. The molecule has 1 N–H and O–H groups in total. The molecule has 0 bridgehead atoms. The number of ether oxygens (including phenoxy) is 2. The van der Waals surface area contributed by atoms with E-state index < -0.39 is 0 Å². The summed E-state index contributed by atoms with van der Waals surface area (Å²) >= 11 is 1.60. The number of methoxy groups -OCH3 is 2. The second kappa shape index (κ2) is 6.62. The largest absolute Gasteiger partial charge is 0.497 e. The van der Waals surface area contributed by atoms with E-state index in [9.17, 15) is 0 Å². The molecule has 6 nitrogen and oxygen atoms in total. The molecule has 3 rings (SSSR count).